The maximum Gasteiger partial charge on any atom is 0.176 e. The van der Waals surface area contributed by atoms with Gasteiger partial charge in [0.05, 0.1) is 6.04 Å². The Morgan fingerprint density at radius 3 is 2.47 bits per heavy atom. The topological polar surface area (TPSA) is 30.5 Å². The number of aryl methyl sites for hydroxylation is 1. The molecule has 0 aliphatic carbocycles. The van der Waals surface area contributed by atoms with Gasteiger partial charge in [0.1, 0.15) is 0 Å². The van der Waals surface area contributed by atoms with Crippen LogP contribution in [-0.4, -0.2) is 27.1 Å². The fourth-order valence-corrected chi connectivity index (χ4v) is 2.33. The third-order valence-corrected chi connectivity index (χ3v) is 3.15. The van der Waals surface area contributed by atoms with Crippen molar-refractivity contribution in [3.8, 4) is 0 Å². The van der Waals surface area contributed by atoms with Gasteiger partial charge in [0.2, 0.25) is 0 Å². The minimum absolute atomic E-state index is 0.106. The van der Waals surface area contributed by atoms with E-state index in [1.54, 1.807) is 25.6 Å². The molecule has 0 bridgehead atoms. The quantitative estimate of drug-likeness (QED) is 0.759. The SMILES string of the molecule is CCNC(c1csc(C)c1)C(OC)OC. The van der Waals surface area contributed by atoms with Crippen LogP contribution in [0.15, 0.2) is 11.4 Å². The molecule has 0 aliphatic rings. The summed E-state index contributed by atoms with van der Waals surface area (Å²) in [6.07, 6.45) is -0.237. The molecule has 0 spiro atoms. The van der Waals surface area contributed by atoms with Crippen LogP contribution in [0.1, 0.15) is 23.4 Å². The van der Waals surface area contributed by atoms with Crippen LogP contribution in [0.3, 0.4) is 0 Å². The fraction of sp³-hybridized carbons (Fsp3) is 0.636. The number of ether oxygens (including phenoxy) is 2. The summed E-state index contributed by atoms with van der Waals surface area (Å²) >= 11 is 1.75. The lowest BCUT2D eigenvalue weighted by atomic mass is 10.1. The van der Waals surface area contributed by atoms with E-state index in [0.717, 1.165) is 6.54 Å². The molecule has 0 fully saturated rings. The summed E-state index contributed by atoms with van der Waals surface area (Å²) in [5, 5.41) is 5.52. The van der Waals surface area contributed by atoms with Gasteiger partial charge in [0.15, 0.2) is 6.29 Å². The van der Waals surface area contributed by atoms with Crippen LogP contribution in [0.25, 0.3) is 0 Å². The molecule has 1 unspecified atom stereocenters. The van der Waals surface area contributed by atoms with Crippen molar-refractivity contribution in [2.75, 3.05) is 20.8 Å². The summed E-state index contributed by atoms with van der Waals surface area (Å²) in [5.41, 5.74) is 1.23. The molecule has 4 heteroatoms. The van der Waals surface area contributed by atoms with Crippen molar-refractivity contribution in [1.29, 1.82) is 0 Å². The van der Waals surface area contributed by atoms with E-state index in [-0.39, 0.29) is 12.3 Å². The van der Waals surface area contributed by atoms with Gasteiger partial charge in [0.25, 0.3) is 0 Å². The van der Waals surface area contributed by atoms with Crippen molar-refractivity contribution in [1.82, 2.24) is 5.32 Å². The molecule has 0 saturated heterocycles. The Hall–Kier alpha value is -0.420. The Kier molecular flexibility index (Phi) is 5.25. The summed E-state index contributed by atoms with van der Waals surface area (Å²) in [5.74, 6) is 0. The van der Waals surface area contributed by atoms with Crippen LogP contribution in [0.5, 0.6) is 0 Å². The van der Waals surface area contributed by atoms with Crippen LogP contribution in [0.2, 0.25) is 0 Å². The van der Waals surface area contributed by atoms with E-state index in [0.29, 0.717) is 0 Å². The molecule has 0 aliphatic heterocycles. The van der Waals surface area contributed by atoms with Crippen LogP contribution in [-0.2, 0) is 9.47 Å². The predicted octanol–water partition coefficient (Wildman–Crippen LogP) is 2.33. The number of likely N-dealkylation sites (N-methyl/N-ethyl adjacent to an activating group) is 1. The fourth-order valence-electron chi connectivity index (χ4n) is 1.59. The van der Waals surface area contributed by atoms with Crippen molar-refractivity contribution < 1.29 is 9.47 Å². The number of nitrogens with one attached hydrogen (secondary N) is 1. The zero-order valence-electron chi connectivity index (χ0n) is 9.74. The van der Waals surface area contributed by atoms with Crippen LogP contribution in [0, 0.1) is 6.92 Å². The summed E-state index contributed by atoms with van der Waals surface area (Å²) in [7, 11) is 3.33. The summed E-state index contributed by atoms with van der Waals surface area (Å²) in [6.45, 7) is 5.07. The average Bonchev–Trinajstić information content (AvgIpc) is 2.65. The first-order valence-corrected chi connectivity index (χ1v) is 5.94. The van der Waals surface area contributed by atoms with Gasteiger partial charge in [-0.2, -0.15) is 0 Å². The zero-order valence-corrected chi connectivity index (χ0v) is 10.6. The van der Waals surface area contributed by atoms with Gasteiger partial charge in [-0.05, 0) is 30.5 Å². The van der Waals surface area contributed by atoms with Crippen molar-refractivity contribution in [3.05, 3.63) is 21.9 Å². The predicted molar refractivity (Wildman–Crippen MR) is 63.3 cm³/mol. The minimum atomic E-state index is -0.237. The zero-order chi connectivity index (χ0) is 11.3. The molecule has 1 aromatic heterocycles. The first kappa shape index (κ1) is 12.6. The highest BCUT2D eigenvalue weighted by atomic mass is 32.1. The molecule has 0 amide bonds. The molecule has 1 aromatic rings. The van der Waals surface area contributed by atoms with E-state index in [9.17, 15) is 0 Å². The molecule has 1 rings (SSSR count). The second kappa shape index (κ2) is 6.23. The van der Waals surface area contributed by atoms with E-state index in [4.69, 9.17) is 9.47 Å². The molecule has 86 valence electrons. The Bertz CT molecular complexity index is 284. The number of hydrogen-bond donors (Lipinski definition) is 1. The molecule has 1 heterocycles. The Balaban J connectivity index is 2.81. The molecule has 1 N–H and O–H groups in total. The van der Waals surface area contributed by atoms with E-state index < -0.39 is 0 Å². The third-order valence-electron chi connectivity index (χ3n) is 2.27. The van der Waals surface area contributed by atoms with Gasteiger partial charge in [-0.15, -0.1) is 11.3 Å². The minimum Gasteiger partial charge on any atom is -0.354 e. The Morgan fingerprint density at radius 2 is 2.07 bits per heavy atom. The first-order valence-electron chi connectivity index (χ1n) is 5.07. The summed E-state index contributed by atoms with van der Waals surface area (Å²) in [4.78, 5) is 1.30. The molecular formula is C11H19NO2S. The molecule has 3 nitrogen and oxygen atoms in total. The van der Waals surface area contributed by atoms with E-state index >= 15 is 0 Å². The lowest BCUT2D eigenvalue weighted by Crippen LogP contribution is -2.34. The number of thiophene rings is 1. The van der Waals surface area contributed by atoms with E-state index in [1.165, 1.54) is 10.4 Å². The smallest absolute Gasteiger partial charge is 0.176 e. The highest BCUT2D eigenvalue weighted by Crippen LogP contribution is 2.24. The van der Waals surface area contributed by atoms with Gasteiger partial charge in [-0.1, -0.05) is 6.92 Å². The molecule has 0 radical (unpaired) electrons. The Morgan fingerprint density at radius 1 is 1.40 bits per heavy atom. The van der Waals surface area contributed by atoms with Crippen LogP contribution in [0.4, 0.5) is 0 Å². The summed E-state index contributed by atoms with van der Waals surface area (Å²) < 4.78 is 10.6. The number of hydrogen-bond acceptors (Lipinski definition) is 4. The van der Waals surface area contributed by atoms with Gasteiger partial charge in [-0.25, -0.2) is 0 Å². The molecular weight excluding hydrogens is 210 g/mol. The van der Waals surface area contributed by atoms with Crippen molar-refractivity contribution in [3.63, 3.8) is 0 Å². The molecule has 1 atom stereocenters. The lowest BCUT2D eigenvalue weighted by Gasteiger charge is -2.24. The van der Waals surface area contributed by atoms with E-state index in [1.807, 2.05) is 0 Å². The molecule has 15 heavy (non-hydrogen) atoms. The first-order chi connectivity index (χ1) is 7.22. The standard InChI is InChI=1S/C11H19NO2S/c1-5-12-10(11(13-3)14-4)9-6-8(2)15-7-9/h6-7,10-12H,5H2,1-4H3. The van der Waals surface area contributed by atoms with Crippen LogP contribution >= 0.6 is 11.3 Å². The van der Waals surface area contributed by atoms with Crippen molar-refractivity contribution in [2.45, 2.75) is 26.2 Å². The van der Waals surface area contributed by atoms with E-state index in [2.05, 4.69) is 30.6 Å². The molecule has 0 saturated carbocycles. The highest BCUT2D eigenvalue weighted by molar-refractivity contribution is 7.10. The van der Waals surface area contributed by atoms with Gasteiger partial charge >= 0.3 is 0 Å². The Labute approximate surface area is 95.4 Å². The second-order valence-electron chi connectivity index (χ2n) is 3.37. The van der Waals surface area contributed by atoms with Gasteiger partial charge < -0.3 is 14.8 Å². The number of rotatable bonds is 6. The third kappa shape index (κ3) is 3.28. The van der Waals surface area contributed by atoms with Crippen molar-refractivity contribution in [2.24, 2.45) is 0 Å². The normalized spacial score (nSPS) is 13.4. The number of methoxy groups -OCH3 is 2. The second-order valence-corrected chi connectivity index (χ2v) is 4.48. The monoisotopic (exact) mass is 229 g/mol. The lowest BCUT2D eigenvalue weighted by molar-refractivity contribution is -0.123. The maximum atomic E-state index is 5.30. The average molecular weight is 229 g/mol. The van der Waals surface area contributed by atoms with Crippen molar-refractivity contribution >= 4 is 11.3 Å². The van der Waals surface area contributed by atoms with Gasteiger partial charge in [-0.3, -0.25) is 0 Å². The summed E-state index contributed by atoms with van der Waals surface area (Å²) in [6, 6.07) is 2.28. The molecule has 0 aromatic carbocycles. The highest BCUT2D eigenvalue weighted by Gasteiger charge is 2.22. The maximum absolute atomic E-state index is 5.30. The largest absolute Gasteiger partial charge is 0.354 e. The van der Waals surface area contributed by atoms with Crippen LogP contribution < -0.4 is 5.32 Å². The van der Waals surface area contributed by atoms with Gasteiger partial charge in [0, 0.05) is 19.1 Å².